The molecule has 1 N–H and O–H groups in total. The van der Waals surface area contributed by atoms with Crippen LogP contribution < -0.4 is 0 Å². The van der Waals surface area contributed by atoms with Crippen molar-refractivity contribution in [3.63, 3.8) is 0 Å². The Bertz CT molecular complexity index is 571. The maximum absolute atomic E-state index is 10.9. The lowest BCUT2D eigenvalue weighted by Crippen LogP contribution is -2.33. The summed E-state index contributed by atoms with van der Waals surface area (Å²) >= 11 is 0. The van der Waals surface area contributed by atoms with Crippen LogP contribution in [0.2, 0.25) is 0 Å². The number of allylic oxidation sites excluding steroid dienone is 11. The number of rotatable bonds is 15. The van der Waals surface area contributed by atoms with E-state index in [0.717, 1.165) is 19.3 Å². The molecule has 0 fully saturated rings. The fourth-order valence-electron chi connectivity index (χ4n) is 2.12. The molecule has 0 saturated heterocycles. The fraction of sp³-hybridized carbons (Fsp3) is 0.409. The Morgan fingerprint density at radius 1 is 0.926 bits per heavy atom. The highest BCUT2D eigenvalue weighted by Gasteiger charge is 2.28. The Morgan fingerprint density at radius 3 is 2.07 bits per heavy atom. The highest BCUT2D eigenvalue weighted by Crippen LogP contribution is 2.10. The molecule has 147 valence electrons. The summed E-state index contributed by atoms with van der Waals surface area (Å²) in [7, 11) is 0. The van der Waals surface area contributed by atoms with Crippen molar-refractivity contribution >= 4 is 6.29 Å². The summed E-state index contributed by atoms with van der Waals surface area (Å²) < 4.78 is 0. The molecule has 1 radical (unpaired) electrons. The molecule has 0 aliphatic heterocycles. The van der Waals surface area contributed by atoms with Gasteiger partial charge < -0.3 is 5.11 Å². The summed E-state index contributed by atoms with van der Waals surface area (Å²) in [5.41, 5.74) is 0. The third-order valence-corrected chi connectivity index (χ3v) is 3.58. The molecule has 27 heavy (non-hydrogen) atoms. The Balaban J connectivity index is 4.04. The van der Waals surface area contributed by atoms with Crippen molar-refractivity contribution < 1.29 is 14.8 Å². The first-order valence-corrected chi connectivity index (χ1v) is 9.25. The molecule has 0 aliphatic carbocycles. The molecule has 0 heterocycles. The van der Waals surface area contributed by atoms with Crippen molar-refractivity contribution in [1.82, 2.24) is 0 Å². The van der Waals surface area contributed by atoms with Gasteiger partial charge in [-0.2, -0.15) is 0 Å². The number of nitro groups is 1. The maximum atomic E-state index is 10.9. The van der Waals surface area contributed by atoms with Gasteiger partial charge >= 0.3 is 0 Å². The second kappa shape index (κ2) is 18.3. The second-order valence-electron chi connectivity index (χ2n) is 5.79. The Labute approximate surface area is 162 Å². The molecule has 2 atom stereocenters. The van der Waals surface area contributed by atoms with E-state index in [1.54, 1.807) is 24.5 Å². The first kappa shape index (κ1) is 24.5. The molecule has 0 amide bonds. The molecule has 0 aliphatic rings. The monoisotopic (exact) mass is 372 g/mol. The van der Waals surface area contributed by atoms with Gasteiger partial charge in [0.05, 0.1) is 0 Å². The number of hydrogen-bond acceptors (Lipinski definition) is 4. The van der Waals surface area contributed by atoms with Crippen LogP contribution in [-0.4, -0.2) is 28.5 Å². The molecule has 2 unspecified atom stereocenters. The lowest BCUT2D eigenvalue weighted by Gasteiger charge is -2.12. The summed E-state index contributed by atoms with van der Waals surface area (Å²) in [4.78, 5) is 20.5. The van der Waals surface area contributed by atoms with Crippen molar-refractivity contribution in [1.29, 1.82) is 0 Å². The van der Waals surface area contributed by atoms with Crippen molar-refractivity contribution in [2.75, 3.05) is 0 Å². The Kier molecular flexibility index (Phi) is 16.6. The minimum Gasteiger partial charge on any atom is -0.386 e. The van der Waals surface area contributed by atoms with Gasteiger partial charge in [-0.25, -0.2) is 0 Å². The van der Waals surface area contributed by atoms with Gasteiger partial charge in [0.2, 0.25) is 6.04 Å². The standard InChI is InChI=1S/C22H30NO4/c1-2-3-4-5-6-7-8-9-10-11-12-13-14-15-16-19-22(25)21(23(26)27)18-17-20-24/h3-4,6-7,9-16,21-22,25H,2,5,8,17-19H2,1H3/b4-3-,7-6-,10-9-,12-11-,14-13-,16-15-. The van der Waals surface area contributed by atoms with Crippen LogP contribution in [-0.2, 0) is 4.79 Å². The second-order valence-corrected chi connectivity index (χ2v) is 5.79. The first-order valence-electron chi connectivity index (χ1n) is 9.25. The summed E-state index contributed by atoms with van der Waals surface area (Å²) in [6.07, 6.45) is 27.0. The van der Waals surface area contributed by atoms with E-state index in [4.69, 9.17) is 0 Å². The van der Waals surface area contributed by atoms with Crippen molar-refractivity contribution in [3.8, 4) is 0 Å². The predicted molar refractivity (Wildman–Crippen MR) is 111 cm³/mol. The van der Waals surface area contributed by atoms with Crippen LogP contribution in [0.15, 0.2) is 72.9 Å². The van der Waals surface area contributed by atoms with Gasteiger partial charge in [-0.15, -0.1) is 0 Å². The van der Waals surface area contributed by atoms with E-state index in [0.29, 0.717) is 0 Å². The molecule has 0 bridgehead atoms. The minimum absolute atomic E-state index is 0.00104. The number of hydrogen-bond donors (Lipinski definition) is 1. The lowest BCUT2D eigenvalue weighted by atomic mass is 10.0. The molecule has 0 aromatic carbocycles. The zero-order chi connectivity index (χ0) is 20.2. The Morgan fingerprint density at radius 2 is 1.48 bits per heavy atom. The zero-order valence-corrected chi connectivity index (χ0v) is 15.9. The van der Waals surface area contributed by atoms with E-state index in [-0.39, 0.29) is 19.3 Å². The lowest BCUT2D eigenvalue weighted by molar-refractivity contribution is -0.534. The number of nitrogens with zero attached hydrogens (tertiary/aromatic N) is 1. The third-order valence-electron chi connectivity index (χ3n) is 3.58. The summed E-state index contributed by atoms with van der Waals surface area (Å²) in [5.74, 6) is 0. The van der Waals surface area contributed by atoms with Crippen molar-refractivity contribution in [3.05, 3.63) is 83.0 Å². The van der Waals surface area contributed by atoms with Gasteiger partial charge in [-0.3, -0.25) is 14.9 Å². The smallest absolute Gasteiger partial charge is 0.239 e. The van der Waals surface area contributed by atoms with Gasteiger partial charge in [-0.05, 0) is 25.7 Å². The maximum Gasteiger partial charge on any atom is 0.239 e. The van der Waals surface area contributed by atoms with E-state index >= 15 is 0 Å². The van der Waals surface area contributed by atoms with Crippen LogP contribution in [0, 0.1) is 10.1 Å². The van der Waals surface area contributed by atoms with Crippen molar-refractivity contribution in [2.45, 2.75) is 57.6 Å². The van der Waals surface area contributed by atoms with E-state index in [2.05, 4.69) is 37.3 Å². The SMILES string of the molecule is CC/C=C\C/C=C\C\C=C/C=C\C=C/C=C\CC(O)C(CC[C]=O)[N+](=O)[O-]. The molecule has 0 aromatic heterocycles. The molecule has 0 saturated carbocycles. The van der Waals surface area contributed by atoms with E-state index < -0.39 is 17.1 Å². The normalized spacial score (nSPS) is 15.2. The molecular weight excluding hydrogens is 342 g/mol. The third kappa shape index (κ3) is 15.4. The van der Waals surface area contributed by atoms with E-state index in [1.807, 2.05) is 24.3 Å². The Hall–Kier alpha value is -2.53. The molecule has 0 spiro atoms. The highest BCUT2D eigenvalue weighted by molar-refractivity contribution is 5.50. The summed E-state index contributed by atoms with van der Waals surface area (Å²) in [6, 6.07) is -1.14. The molecule has 5 nitrogen and oxygen atoms in total. The number of carbonyl (C=O) groups excluding carboxylic acids is 1. The molecule has 0 aromatic rings. The van der Waals surface area contributed by atoms with Crippen LogP contribution in [0.25, 0.3) is 0 Å². The minimum atomic E-state index is -1.14. The predicted octanol–water partition coefficient (Wildman–Crippen LogP) is 4.80. The highest BCUT2D eigenvalue weighted by atomic mass is 16.6. The van der Waals surface area contributed by atoms with Crippen LogP contribution in [0.1, 0.15) is 45.4 Å². The number of aliphatic hydroxyl groups is 1. The van der Waals surface area contributed by atoms with Crippen LogP contribution in [0.3, 0.4) is 0 Å². The van der Waals surface area contributed by atoms with Crippen LogP contribution >= 0.6 is 0 Å². The van der Waals surface area contributed by atoms with Crippen molar-refractivity contribution in [2.24, 2.45) is 0 Å². The molecule has 0 rings (SSSR count). The quantitative estimate of drug-likeness (QED) is 0.194. The van der Waals surface area contributed by atoms with Gasteiger partial charge in [0.15, 0.2) is 6.29 Å². The average Bonchev–Trinajstić information content (AvgIpc) is 2.65. The molecular formula is C22H30NO4. The van der Waals surface area contributed by atoms with Gasteiger partial charge in [0.25, 0.3) is 0 Å². The summed E-state index contributed by atoms with van der Waals surface area (Å²) in [5, 5.41) is 20.7. The summed E-state index contributed by atoms with van der Waals surface area (Å²) in [6.45, 7) is 2.12. The zero-order valence-electron chi connectivity index (χ0n) is 15.9. The van der Waals surface area contributed by atoms with Gasteiger partial charge in [0.1, 0.15) is 6.10 Å². The van der Waals surface area contributed by atoms with E-state index in [1.165, 1.54) is 0 Å². The molecule has 5 heteroatoms. The number of aliphatic hydroxyl groups excluding tert-OH is 1. The van der Waals surface area contributed by atoms with E-state index in [9.17, 15) is 20.0 Å². The first-order chi connectivity index (χ1) is 13.1. The van der Waals surface area contributed by atoms with Crippen LogP contribution in [0.4, 0.5) is 0 Å². The van der Waals surface area contributed by atoms with Gasteiger partial charge in [0, 0.05) is 17.8 Å². The van der Waals surface area contributed by atoms with Crippen LogP contribution in [0.5, 0.6) is 0 Å². The largest absolute Gasteiger partial charge is 0.386 e. The topological polar surface area (TPSA) is 80.4 Å². The average molecular weight is 372 g/mol. The van der Waals surface area contributed by atoms with Gasteiger partial charge in [-0.1, -0.05) is 79.8 Å². The fourth-order valence-corrected chi connectivity index (χ4v) is 2.12.